The summed E-state index contributed by atoms with van der Waals surface area (Å²) in [5, 5.41) is 56.2. The van der Waals surface area contributed by atoms with E-state index in [1.165, 1.54) is 0 Å². The Hall–Kier alpha value is -4.44. The first-order chi connectivity index (χ1) is 23.5. The van der Waals surface area contributed by atoms with Crippen molar-refractivity contribution in [1.82, 2.24) is 37.2 Å². The minimum atomic E-state index is -1.74. The average Bonchev–Trinajstić information content (AvgIpc) is 3.04. The Morgan fingerprint density at radius 1 is 0.820 bits per heavy atom. The largest absolute Gasteiger partial charge is 0.394 e. The van der Waals surface area contributed by atoms with Crippen molar-refractivity contribution in [2.75, 3.05) is 26.4 Å². The summed E-state index contributed by atoms with van der Waals surface area (Å²) in [6, 6.07) is -10.3. The molecule has 1 fully saturated rings. The van der Waals surface area contributed by atoms with Crippen LogP contribution in [0.1, 0.15) is 52.9 Å². The molecule has 8 amide bonds. The van der Waals surface area contributed by atoms with Crippen LogP contribution in [0.5, 0.6) is 0 Å². The molecule has 0 spiro atoms. The fraction of sp³-hybridized carbons (Fsp3) is 0.724. The van der Waals surface area contributed by atoms with Crippen LogP contribution < -0.4 is 48.7 Å². The van der Waals surface area contributed by atoms with Gasteiger partial charge < -0.3 is 63.8 Å². The highest BCUT2D eigenvalue weighted by molar-refractivity contribution is 5.97. The van der Waals surface area contributed by atoms with Crippen molar-refractivity contribution in [3.05, 3.63) is 0 Å². The van der Waals surface area contributed by atoms with E-state index in [1.54, 1.807) is 13.8 Å². The number of nitrogens with two attached hydrogens (primary N) is 2. The van der Waals surface area contributed by atoms with E-state index >= 15 is 0 Å². The molecule has 1 rings (SSSR count). The number of hydrogen-bond donors (Lipinski definition) is 13. The lowest BCUT2D eigenvalue weighted by Crippen LogP contribution is -2.62. The Morgan fingerprint density at radius 3 is 1.98 bits per heavy atom. The zero-order valence-electron chi connectivity index (χ0n) is 28.3. The van der Waals surface area contributed by atoms with Gasteiger partial charge in [-0.2, -0.15) is 0 Å². The number of hydrogen-bond acceptors (Lipinski definition) is 13. The molecule has 0 aromatic rings. The van der Waals surface area contributed by atoms with Crippen molar-refractivity contribution in [3.8, 4) is 0 Å². The van der Waals surface area contributed by atoms with Crippen molar-refractivity contribution in [2.24, 2.45) is 17.4 Å². The van der Waals surface area contributed by atoms with Gasteiger partial charge in [0.1, 0.15) is 36.3 Å². The summed E-state index contributed by atoms with van der Waals surface area (Å²) in [6.07, 6.45) is -1.68. The maximum absolute atomic E-state index is 13.3. The molecule has 1 heterocycles. The number of aliphatic hydroxyl groups is 4. The van der Waals surface area contributed by atoms with Crippen molar-refractivity contribution in [2.45, 2.75) is 101 Å². The van der Waals surface area contributed by atoms with E-state index in [2.05, 4.69) is 37.2 Å². The van der Waals surface area contributed by atoms with E-state index in [9.17, 15) is 58.8 Å². The Bertz CT molecular complexity index is 1220. The van der Waals surface area contributed by atoms with Gasteiger partial charge in [-0.05, 0) is 38.5 Å². The van der Waals surface area contributed by atoms with E-state index in [1.807, 2.05) is 0 Å². The molecular weight excluding hydrogens is 666 g/mol. The summed E-state index contributed by atoms with van der Waals surface area (Å²) < 4.78 is 0. The van der Waals surface area contributed by atoms with Crippen LogP contribution in [-0.4, -0.2) is 142 Å². The second-order valence-electron chi connectivity index (χ2n) is 12.1. The molecule has 0 aromatic heterocycles. The minimum absolute atomic E-state index is 0.0801. The Labute approximate surface area is 288 Å². The van der Waals surface area contributed by atoms with Gasteiger partial charge in [-0.25, -0.2) is 0 Å². The number of amides is 8. The van der Waals surface area contributed by atoms with Crippen molar-refractivity contribution in [3.63, 3.8) is 0 Å². The molecule has 8 atom stereocenters. The van der Waals surface area contributed by atoms with Gasteiger partial charge in [0.25, 0.3) is 0 Å². The Kier molecular flexibility index (Phi) is 18.8. The first-order valence-corrected chi connectivity index (χ1v) is 16.1. The van der Waals surface area contributed by atoms with E-state index in [-0.39, 0.29) is 38.6 Å². The van der Waals surface area contributed by atoms with Crippen molar-refractivity contribution in [1.29, 1.82) is 0 Å². The summed E-state index contributed by atoms with van der Waals surface area (Å²) in [7, 11) is 0. The number of carbonyl (C=O) groups excluding carboxylic acids is 8. The SMILES string of the molecule is CC(C)C(NC(=O)[C@H](CO)NC(=O)C1CCCCNC(=O)CCC(N[C@@H](CO)C(N)=O)C(=O)N[C@@H]([C@@H](C)O)C(=O)N[C@@H](CO)C(=O)N1)C(N)=O. The van der Waals surface area contributed by atoms with Gasteiger partial charge in [-0.3, -0.25) is 43.7 Å². The highest BCUT2D eigenvalue weighted by Crippen LogP contribution is 2.07. The molecule has 21 heteroatoms. The number of nitrogens with one attached hydrogen (secondary N) is 7. The predicted octanol–water partition coefficient (Wildman–Crippen LogP) is -7.20. The molecule has 0 aliphatic carbocycles. The number of primary amides is 2. The fourth-order valence-electron chi connectivity index (χ4n) is 4.77. The van der Waals surface area contributed by atoms with Crippen LogP contribution in [0.3, 0.4) is 0 Å². The molecule has 21 nitrogen and oxygen atoms in total. The smallest absolute Gasteiger partial charge is 0.245 e. The van der Waals surface area contributed by atoms with Gasteiger partial charge >= 0.3 is 0 Å². The first kappa shape index (κ1) is 43.6. The van der Waals surface area contributed by atoms with Crippen LogP contribution >= 0.6 is 0 Å². The zero-order chi connectivity index (χ0) is 38.1. The maximum atomic E-state index is 13.3. The second-order valence-corrected chi connectivity index (χ2v) is 12.1. The molecule has 0 bridgehead atoms. The Morgan fingerprint density at radius 2 is 1.46 bits per heavy atom. The lowest BCUT2D eigenvalue weighted by Gasteiger charge is -2.28. The van der Waals surface area contributed by atoms with E-state index in [0.717, 1.165) is 6.92 Å². The second kappa shape index (κ2) is 21.6. The molecule has 1 saturated heterocycles. The van der Waals surface area contributed by atoms with Gasteiger partial charge in [0.2, 0.25) is 47.3 Å². The molecule has 50 heavy (non-hydrogen) atoms. The highest BCUT2D eigenvalue weighted by Gasteiger charge is 2.35. The third-order valence-electron chi connectivity index (χ3n) is 7.74. The number of rotatable bonds is 13. The third kappa shape index (κ3) is 14.2. The van der Waals surface area contributed by atoms with Gasteiger partial charge in [0.05, 0.1) is 32.0 Å². The molecule has 1 aliphatic rings. The molecule has 0 radical (unpaired) electrons. The van der Waals surface area contributed by atoms with Gasteiger partial charge in [-0.15, -0.1) is 0 Å². The van der Waals surface area contributed by atoms with Crippen LogP contribution in [0.25, 0.3) is 0 Å². The van der Waals surface area contributed by atoms with Crippen LogP contribution in [0.4, 0.5) is 0 Å². The van der Waals surface area contributed by atoms with Crippen molar-refractivity contribution < 1.29 is 58.8 Å². The lowest BCUT2D eigenvalue weighted by atomic mass is 10.0. The standard InChI is InChI=1S/C29H51N9O12/c1-13(2)21(24(31)45)37-28(49)19(12-41)35-25(46)15-6-4-5-9-32-20(43)8-7-16(33-17(10-39)23(30)44)26(47)38-22(14(3)42)29(50)36-18(11-40)27(48)34-15/h13-19,21-22,33,39-42H,4-12H2,1-3H3,(H2,30,44)(H2,31,45)(H,32,43)(H,34,48)(H,35,46)(H,36,50)(H,37,49)(H,38,47)/t14-,15?,16?,17+,18+,19+,21?,22+/m1/s1. The van der Waals surface area contributed by atoms with Crippen molar-refractivity contribution >= 4 is 47.3 Å². The lowest BCUT2D eigenvalue weighted by molar-refractivity contribution is -0.137. The third-order valence-corrected chi connectivity index (χ3v) is 7.74. The molecule has 1 aliphatic heterocycles. The molecule has 0 saturated carbocycles. The molecule has 3 unspecified atom stereocenters. The molecule has 284 valence electrons. The van der Waals surface area contributed by atoms with Crippen LogP contribution in [0.15, 0.2) is 0 Å². The fourth-order valence-corrected chi connectivity index (χ4v) is 4.77. The van der Waals surface area contributed by atoms with E-state index in [0.29, 0.717) is 0 Å². The average molecular weight is 718 g/mol. The van der Waals surface area contributed by atoms with Gasteiger partial charge in [0, 0.05) is 13.0 Å². The maximum Gasteiger partial charge on any atom is 0.245 e. The predicted molar refractivity (Wildman–Crippen MR) is 173 cm³/mol. The van der Waals surface area contributed by atoms with Crippen LogP contribution in [0, 0.1) is 5.92 Å². The minimum Gasteiger partial charge on any atom is -0.394 e. The molecular formula is C29H51N9O12. The van der Waals surface area contributed by atoms with Gasteiger partial charge in [-0.1, -0.05) is 13.8 Å². The van der Waals surface area contributed by atoms with E-state index in [4.69, 9.17) is 11.5 Å². The monoisotopic (exact) mass is 717 g/mol. The summed E-state index contributed by atoms with van der Waals surface area (Å²) >= 11 is 0. The number of aliphatic hydroxyl groups excluding tert-OH is 4. The molecule has 0 aromatic carbocycles. The summed E-state index contributed by atoms with van der Waals surface area (Å²) in [6.45, 7) is 1.78. The van der Waals surface area contributed by atoms with Gasteiger partial charge in [0.15, 0.2) is 0 Å². The molecule has 15 N–H and O–H groups in total. The highest BCUT2D eigenvalue weighted by atomic mass is 16.3. The van der Waals surface area contributed by atoms with Crippen LogP contribution in [0.2, 0.25) is 0 Å². The number of carbonyl (C=O) groups is 8. The van der Waals surface area contributed by atoms with E-state index < -0.39 is 121 Å². The normalized spacial score (nSPS) is 24.1. The summed E-state index contributed by atoms with van der Waals surface area (Å²) in [5.41, 5.74) is 10.6. The quantitative estimate of drug-likeness (QED) is 0.0843. The summed E-state index contributed by atoms with van der Waals surface area (Å²) in [5.74, 6) is -7.84. The Balaban J connectivity index is 3.31. The van der Waals surface area contributed by atoms with Crippen LogP contribution in [-0.2, 0) is 38.4 Å². The topological polar surface area (TPSA) is 354 Å². The summed E-state index contributed by atoms with van der Waals surface area (Å²) in [4.78, 5) is 102. The zero-order valence-corrected chi connectivity index (χ0v) is 28.3. The first-order valence-electron chi connectivity index (χ1n) is 16.1.